The first-order chi connectivity index (χ1) is 3.30. The van der Waals surface area contributed by atoms with Gasteiger partial charge in [-0.1, -0.05) is 0 Å². The summed E-state index contributed by atoms with van der Waals surface area (Å²) >= 11 is 0. The Hall–Kier alpha value is 0.640. The molecule has 38 valence electrons. The molecule has 0 aliphatic rings. The molecule has 0 spiro atoms. The third kappa shape index (κ3) is 1.26. The van der Waals surface area contributed by atoms with Crippen molar-refractivity contribution in [2.75, 3.05) is 0 Å². The van der Waals surface area contributed by atoms with Gasteiger partial charge in [-0.25, -0.2) is 0 Å². The quantitative estimate of drug-likeness (QED) is 0.528. The zero-order chi connectivity index (χ0) is 5.28. The van der Waals surface area contributed by atoms with Gasteiger partial charge in [-0.05, 0) is 39.9 Å². The van der Waals surface area contributed by atoms with Gasteiger partial charge in [0.2, 0.25) is 0 Å². The van der Waals surface area contributed by atoms with E-state index in [9.17, 15) is 0 Å². The maximum absolute atomic E-state index is 2.24. The molecule has 1 aromatic rings. The molecule has 0 aromatic carbocycles. The molecule has 0 saturated heterocycles. The summed E-state index contributed by atoms with van der Waals surface area (Å²) < 4.78 is 0. The van der Waals surface area contributed by atoms with Gasteiger partial charge in [-0.3, -0.25) is 0 Å². The van der Waals surface area contributed by atoms with Crippen molar-refractivity contribution in [2.45, 2.75) is 13.8 Å². The van der Waals surface area contributed by atoms with Crippen LogP contribution < -0.4 is 0 Å². The summed E-state index contributed by atoms with van der Waals surface area (Å²) in [7, 11) is 4.26. The summed E-state index contributed by atoms with van der Waals surface area (Å²) in [4.78, 5) is 0. The first-order valence-electron chi connectivity index (χ1n) is 2.15. The van der Waals surface area contributed by atoms with Gasteiger partial charge in [0.1, 0.15) is 0 Å². The second-order valence-electron chi connectivity index (χ2n) is 1.52. The van der Waals surface area contributed by atoms with E-state index >= 15 is 0 Å². The van der Waals surface area contributed by atoms with Crippen molar-refractivity contribution >= 4 is 23.3 Å². The largest absolute Gasteiger partial charge is 0.102 e. The molecule has 0 nitrogen and oxygen atoms in total. The first kappa shape index (κ1) is 5.77. The van der Waals surface area contributed by atoms with E-state index in [0.29, 0.717) is 0 Å². The summed E-state index contributed by atoms with van der Waals surface area (Å²) in [5.74, 6) is 0. The normalized spacial score (nSPS) is 12.9. The highest BCUT2D eigenvalue weighted by molar-refractivity contribution is 8.17. The number of hydrogen-bond acceptors (Lipinski definition) is 0. The molecule has 0 N–H and O–H groups in total. The molecule has 1 atom stereocenters. The van der Waals surface area contributed by atoms with Crippen LogP contribution in [0.25, 0.3) is 0 Å². The van der Waals surface area contributed by atoms with Crippen molar-refractivity contribution in [3.05, 3.63) is 10.6 Å². The van der Waals surface area contributed by atoms with Crippen LogP contribution in [0.2, 0.25) is 0 Å². The van der Waals surface area contributed by atoms with Gasteiger partial charge < -0.3 is 0 Å². The van der Waals surface area contributed by atoms with Gasteiger partial charge in [0.15, 0.2) is 0 Å². The average molecular weight is 148 g/mol. The van der Waals surface area contributed by atoms with Crippen LogP contribution in [-0.4, -0.2) is 0 Å². The molecular weight excluding hydrogens is 141 g/mol. The van der Waals surface area contributed by atoms with Crippen LogP contribution in [0, 0.1) is 13.8 Å². The topological polar surface area (TPSA) is 0 Å². The third-order valence-corrected chi connectivity index (χ3v) is 7.02. The fourth-order valence-electron chi connectivity index (χ4n) is 0.331. The zero-order valence-corrected chi connectivity index (χ0v) is 7.18. The standard InChI is InChI=1S/C4H7P3/c1-3-4(2)6-7-5-3/h5H,1-2H3. The zero-order valence-electron chi connectivity index (χ0n) is 4.39. The Morgan fingerprint density at radius 3 is 2.29 bits per heavy atom. The fourth-order valence-corrected chi connectivity index (χ4v) is 7.03. The smallest absolute Gasteiger partial charge is 0.0119 e. The minimum absolute atomic E-state index is 1.10. The monoisotopic (exact) mass is 148 g/mol. The lowest BCUT2D eigenvalue weighted by molar-refractivity contribution is 1.52. The van der Waals surface area contributed by atoms with Crippen molar-refractivity contribution in [1.29, 1.82) is 0 Å². The van der Waals surface area contributed by atoms with E-state index in [1.807, 2.05) is 0 Å². The Morgan fingerprint density at radius 1 is 1.43 bits per heavy atom. The minimum atomic E-state index is 1.10. The van der Waals surface area contributed by atoms with Crippen molar-refractivity contribution in [3.8, 4) is 0 Å². The van der Waals surface area contributed by atoms with Gasteiger partial charge in [-0.2, -0.15) is 0 Å². The van der Waals surface area contributed by atoms with Gasteiger partial charge in [0.05, 0.1) is 0 Å². The molecule has 0 aliphatic heterocycles. The number of rotatable bonds is 0. The molecule has 1 heterocycles. The predicted octanol–water partition coefficient (Wildman–Crippen LogP) is 3.49. The molecule has 0 saturated carbocycles. The van der Waals surface area contributed by atoms with Crippen LogP contribution >= 0.6 is 23.3 Å². The molecule has 1 rings (SSSR count). The maximum Gasteiger partial charge on any atom is -0.0119 e. The molecule has 0 bridgehead atoms. The molecule has 3 heteroatoms. The lowest BCUT2D eigenvalue weighted by Crippen LogP contribution is -1.56. The van der Waals surface area contributed by atoms with E-state index in [4.69, 9.17) is 0 Å². The summed E-state index contributed by atoms with van der Waals surface area (Å²) in [6.45, 7) is 4.46. The van der Waals surface area contributed by atoms with E-state index in [-0.39, 0.29) is 0 Å². The molecule has 1 unspecified atom stereocenters. The van der Waals surface area contributed by atoms with Crippen LogP contribution in [0.4, 0.5) is 0 Å². The number of aryl methyl sites for hydroxylation is 2. The molecule has 0 fully saturated rings. The molecule has 0 aliphatic carbocycles. The van der Waals surface area contributed by atoms with Gasteiger partial charge in [0, 0.05) is 0 Å². The second-order valence-corrected chi connectivity index (χ2v) is 7.24. The van der Waals surface area contributed by atoms with Gasteiger partial charge in [-0.15, -0.1) is 7.87 Å². The SMILES string of the molecule is Cc1pp[pH]c1C. The Labute approximate surface area is 48.4 Å². The highest BCUT2D eigenvalue weighted by Crippen LogP contribution is 2.40. The van der Waals surface area contributed by atoms with E-state index < -0.39 is 0 Å². The van der Waals surface area contributed by atoms with E-state index in [2.05, 4.69) is 13.8 Å². The molecule has 0 radical (unpaired) electrons. The summed E-state index contributed by atoms with van der Waals surface area (Å²) in [5, 5.41) is 3.23. The average Bonchev–Trinajstić information content (AvgIpc) is 1.91. The van der Waals surface area contributed by atoms with E-state index in [1.165, 1.54) is 0 Å². The summed E-state index contributed by atoms with van der Waals surface area (Å²) in [6, 6.07) is 0. The second kappa shape index (κ2) is 2.27. The van der Waals surface area contributed by atoms with Crippen LogP contribution in [-0.2, 0) is 0 Å². The fraction of sp³-hybridized carbons (Fsp3) is 0.500. The molecule has 7 heavy (non-hydrogen) atoms. The summed E-state index contributed by atoms with van der Waals surface area (Å²) in [6.07, 6.45) is 0. The predicted molar refractivity (Wildman–Crippen MR) is 40.4 cm³/mol. The van der Waals surface area contributed by atoms with Gasteiger partial charge >= 0.3 is 0 Å². The first-order valence-corrected chi connectivity index (χ1v) is 6.48. The van der Waals surface area contributed by atoms with Crippen LogP contribution in [0.1, 0.15) is 10.6 Å². The Balaban J connectivity index is 3.12. The van der Waals surface area contributed by atoms with E-state index in [1.54, 1.807) is 26.0 Å². The van der Waals surface area contributed by atoms with Crippen molar-refractivity contribution < 1.29 is 0 Å². The third-order valence-electron chi connectivity index (χ3n) is 0.960. The Kier molecular flexibility index (Phi) is 1.87. The van der Waals surface area contributed by atoms with E-state index in [0.717, 1.165) is 7.87 Å². The molecular formula is C4H7P3. The minimum Gasteiger partial charge on any atom is -0.102 e. The number of hydrogen-bond donors (Lipinski definition) is 0. The van der Waals surface area contributed by atoms with Crippen molar-refractivity contribution in [3.63, 3.8) is 0 Å². The van der Waals surface area contributed by atoms with Crippen molar-refractivity contribution in [1.82, 2.24) is 0 Å². The van der Waals surface area contributed by atoms with Crippen LogP contribution in [0.15, 0.2) is 0 Å². The summed E-state index contributed by atoms with van der Waals surface area (Å²) in [5.41, 5.74) is 0. The van der Waals surface area contributed by atoms with Crippen molar-refractivity contribution in [2.24, 2.45) is 0 Å². The van der Waals surface area contributed by atoms with Crippen LogP contribution in [0.3, 0.4) is 0 Å². The lowest BCUT2D eigenvalue weighted by Gasteiger charge is -1.79. The molecule has 1 aromatic heterocycles. The maximum atomic E-state index is 2.24. The Bertz CT molecular complexity index is 139. The highest BCUT2D eigenvalue weighted by Gasteiger charge is 1.87. The Morgan fingerprint density at radius 2 is 2.14 bits per heavy atom. The van der Waals surface area contributed by atoms with Crippen LogP contribution in [0.5, 0.6) is 0 Å². The lowest BCUT2D eigenvalue weighted by atomic mass is 10.5. The van der Waals surface area contributed by atoms with Gasteiger partial charge in [0.25, 0.3) is 0 Å². The molecule has 0 amide bonds. The highest BCUT2D eigenvalue weighted by atomic mass is 32.1.